The lowest BCUT2D eigenvalue weighted by Gasteiger charge is -2.08. The smallest absolute Gasteiger partial charge is 0.224 e. The van der Waals surface area contributed by atoms with E-state index in [1.54, 1.807) is 6.20 Å². The Morgan fingerprint density at radius 1 is 1.21 bits per heavy atom. The van der Waals surface area contributed by atoms with Gasteiger partial charge < -0.3 is 9.88 Å². The van der Waals surface area contributed by atoms with E-state index < -0.39 is 0 Å². The van der Waals surface area contributed by atoms with Gasteiger partial charge in [0.2, 0.25) is 5.28 Å². The molecule has 0 unspecified atom stereocenters. The van der Waals surface area contributed by atoms with Gasteiger partial charge in [-0.3, -0.25) is 0 Å². The van der Waals surface area contributed by atoms with E-state index >= 15 is 0 Å². The Labute approximate surface area is 159 Å². The van der Waals surface area contributed by atoms with Crippen molar-refractivity contribution in [2.75, 3.05) is 5.32 Å². The summed E-state index contributed by atoms with van der Waals surface area (Å²) in [6.45, 7) is 4.95. The van der Waals surface area contributed by atoms with Gasteiger partial charge in [0, 0.05) is 30.5 Å². The zero-order valence-corrected chi connectivity index (χ0v) is 16.3. The van der Waals surface area contributed by atoms with Crippen molar-refractivity contribution in [3.8, 4) is 11.3 Å². The van der Waals surface area contributed by atoms with E-state index in [9.17, 15) is 0 Å². The van der Waals surface area contributed by atoms with Gasteiger partial charge in [-0.15, -0.1) is 0 Å². The highest BCUT2D eigenvalue weighted by atomic mass is 127. The Kier molecular flexibility index (Phi) is 5.35. The molecule has 5 nitrogen and oxygen atoms in total. The van der Waals surface area contributed by atoms with Gasteiger partial charge in [0.15, 0.2) is 0 Å². The van der Waals surface area contributed by atoms with Crippen LogP contribution in [0.5, 0.6) is 0 Å². The van der Waals surface area contributed by atoms with Crippen LogP contribution < -0.4 is 5.32 Å². The van der Waals surface area contributed by atoms with Crippen LogP contribution in [0, 0.1) is 3.57 Å². The van der Waals surface area contributed by atoms with Crippen LogP contribution >= 0.6 is 34.2 Å². The highest BCUT2D eigenvalue weighted by Gasteiger charge is 2.06. The third kappa shape index (κ3) is 4.05. The van der Waals surface area contributed by atoms with E-state index in [2.05, 4.69) is 91.7 Å². The fraction of sp³-hybridized carbons (Fsp3) is 0.235. The van der Waals surface area contributed by atoms with E-state index in [1.807, 2.05) is 6.33 Å². The number of benzene rings is 1. The molecule has 7 heteroatoms. The van der Waals surface area contributed by atoms with Crippen molar-refractivity contribution in [1.29, 1.82) is 0 Å². The van der Waals surface area contributed by atoms with Crippen molar-refractivity contribution >= 4 is 40.0 Å². The lowest BCUT2D eigenvalue weighted by Crippen LogP contribution is -2.04. The van der Waals surface area contributed by atoms with Crippen molar-refractivity contribution in [3.63, 3.8) is 0 Å². The molecule has 0 radical (unpaired) electrons. The Morgan fingerprint density at radius 2 is 1.96 bits per heavy atom. The molecule has 1 aromatic carbocycles. The summed E-state index contributed by atoms with van der Waals surface area (Å²) < 4.78 is 3.04. The maximum absolute atomic E-state index is 5.84. The predicted molar refractivity (Wildman–Crippen MR) is 105 cm³/mol. The van der Waals surface area contributed by atoms with Gasteiger partial charge in [-0.05, 0) is 53.6 Å². The molecule has 1 N–H and O–H groups in total. The number of aromatic nitrogens is 4. The minimum Gasteiger partial charge on any atom is -0.365 e. The number of nitrogens with one attached hydrogen (secondary N) is 1. The minimum absolute atomic E-state index is 0.244. The third-order valence-corrected chi connectivity index (χ3v) is 4.59. The summed E-state index contributed by atoms with van der Waals surface area (Å²) in [4.78, 5) is 12.6. The maximum atomic E-state index is 5.84. The van der Waals surface area contributed by atoms with Crippen LogP contribution in [0.3, 0.4) is 0 Å². The lowest BCUT2D eigenvalue weighted by atomic mass is 10.1. The zero-order valence-electron chi connectivity index (χ0n) is 13.4. The van der Waals surface area contributed by atoms with Crippen LogP contribution in [-0.4, -0.2) is 19.5 Å². The SMILES string of the molecule is CC(C)n1cnc(-c2ccc(CNc3nc(Cl)ncc3I)cc2)c1. The summed E-state index contributed by atoms with van der Waals surface area (Å²) in [7, 11) is 0. The number of halogens is 2. The van der Waals surface area contributed by atoms with Crippen LogP contribution in [-0.2, 0) is 6.54 Å². The van der Waals surface area contributed by atoms with Gasteiger partial charge in [0.1, 0.15) is 5.82 Å². The number of hydrogen-bond acceptors (Lipinski definition) is 4. The number of anilines is 1. The van der Waals surface area contributed by atoms with Crippen LogP contribution in [0.2, 0.25) is 5.28 Å². The van der Waals surface area contributed by atoms with E-state index in [0.29, 0.717) is 12.6 Å². The molecule has 0 saturated carbocycles. The summed E-state index contributed by atoms with van der Waals surface area (Å²) >= 11 is 8.02. The molecule has 0 bridgehead atoms. The van der Waals surface area contributed by atoms with Crippen LogP contribution in [0.25, 0.3) is 11.3 Å². The number of imidazole rings is 1. The van der Waals surface area contributed by atoms with Crippen molar-refractivity contribution in [3.05, 3.63) is 57.4 Å². The third-order valence-electron chi connectivity index (χ3n) is 3.62. The van der Waals surface area contributed by atoms with Crippen molar-refractivity contribution < 1.29 is 0 Å². The summed E-state index contributed by atoms with van der Waals surface area (Å²) in [5.41, 5.74) is 3.26. The molecule has 0 aliphatic rings. The fourth-order valence-corrected chi connectivity index (χ4v) is 2.80. The fourth-order valence-electron chi connectivity index (χ4n) is 2.22. The lowest BCUT2D eigenvalue weighted by molar-refractivity contribution is 0.600. The van der Waals surface area contributed by atoms with Crippen LogP contribution in [0.1, 0.15) is 25.5 Å². The Bertz CT molecular complexity index is 829. The first-order valence-corrected chi connectivity index (χ1v) is 9.03. The number of nitrogens with zero attached hydrogens (tertiary/aromatic N) is 4. The van der Waals surface area contributed by atoms with Crippen molar-refractivity contribution in [2.45, 2.75) is 26.4 Å². The van der Waals surface area contributed by atoms with E-state index in [1.165, 1.54) is 0 Å². The molecule has 24 heavy (non-hydrogen) atoms. The Balaban J connectivity index is 1.69. The highest BCUT2D eigenvalue weighted by Crippen LogP contribution is 2.21. The summed E-state index contributed by atoms with van der Waals surface area (Å²) in [6, 6.07) is 8.76. The Morgan fingerprint density at radius 3 is 2.62 bits per heavy atom. The quantitative estimate of drug-likeness (QED) is 0.446. The second-order valence-corrected chi connectivity index (χ2v) is 7.19. The van der Waals surface area contributed by atoms with E-state index in [-0.39, 0.29) is 5.28 Å². The normalized spacial score (nSPS) is 11.0. The second kappa shape index (κ2) is 7.48. The molecule has 0 saturated heterocycles. The van der Waals surface area contributed by atoms with Gasteiger partial charge in [-0.25, -0.2) is 9.97 Å². The average molecular weight is 454 g/mol. The second-order valence-electron chi connectivity index (χ2n) is 5.69. The zero-order chi connectivity index (χ0) is 17.1. The van der Waals surface area contributed by atoms with Gasteiger partial charge in [-0.2, -0.15) is 4.98 Å². The van der Waals surface area contributed by atoms with Crippen LogP contribution in [0.4, 0.5) is 5.82 Å². The standard InChI is InChI=1S/C17H17ClIN5/c1-11(2)24-9-15(22-10-24)13-5-3-12(4-6-13)7-20-16-14(19)8-21-17(18)23-16/h3-6,8-11H,7H2,1-2H3,(H,20,21,23). The molecule has 3 rings (SSSR count). The average Bonchev–Trinajstić information content (AvgIpc) is 3.06. The molecule has 0 spiro atoms. The molecule has 0 atom stereocenters. The van der Waals surface area contributed by atoms with Crippen molar-refractivity contribution in [2.24, 2.45) is 0 Å². The molecular weight excluding hydrogens is 437 g/mol. The van der Waals surface area contributed by atoms with E-state index in [0.717, 1.165) is 26.2 Å². The number of hydrogen-bond donors (Lipinski definition) is 1. The Hall–Kier alpha value is -1.67. The summed E-state index contributed by atoms with van der Waals surface area (Å²) in [5.74, 6) is 0.746. The summed E-state index contributed by atoms with van der Waals surface area (Å²) in [5, 5.41) is 3.53. The molecule has 0 amide bonds. The molecule has 3 aromatic rings. The van der Waals surface area contributed by atoms with Crippen LogP contribution in [0.15, 0.2) is 43.0 Å². The number of rotatable bonds is 5. The van der Waals surface area contributed by atoms with Crippen molar-refractivity contribution in [1.82, 2.24) is 19.5 Å². The first-order valence-electron chi connectivity index (χ1n) is 7.57. The predicted octanol–water partition coefficient (Wildman–Crippen LogP) is 4.79. The van der Waals surface area contributed by atoms with E-state index in [4.69, 9.17) is 11.6 Å². The largest absolute Gasteiger partial charge is 0.365 e. The molecule has 0 aliphatic carbocycles. The first kappa shape index (κ1) is 17.2. The molecule has 0 fully saturated rings. The summed E-state index contributed by atoms with van der Waals surface area (Å²) in [6.07, 6.45) is 5.64. The molecule has 124 valence electrons. The molecular formula is C17H17ClIN5. The molecule has 2 heterocycles. The first-order chi connectivity index (χ1) is 11.5. The maximum Gasteiger partial charge on any atom is 0.224 e. The highest BCUT2D eigenvalue weighted by molar-refractivity contribution is 14.1. The van der Waals surface area contributed by atoms with Gasteiger partial charge in [-0.1, -0.05) is 24.3 Å². The monoisotopic (exact) mass is 453 g/mol. The molecule has 0 aliphatic heterocycles. The van der Waals surface area contributed by atoms with Gasteiger partial charge in [0.05, 0.1) is 15.6 Å². The topological polar surface area (TPSA) is 55.6 Å². The molecule has 2 aromatic heterocycles. The minimum atomic E-state index is 0.244. The van der Waals surface area contributed by atoms with Gasteiger partial charge in [0.25, 0.3) is 0 Å². The van der Waals surface area contributed by atoms with Gasteiger partial charge >= 0.3 is 0 Å².